The van der Waals surface area contributed by atoms with Crippen LogP contribution in [-0.2, 0) is 0 Å². The minimum absolute atomic E-state index is 0.165. The predicted octanol–water partition coefficient (Wildman–Crippen LogP) is 15.2. The number of pyridine rings is 1. The Morgan fingerprint density at radius 3 is 2.08 bits per heavy atom. The largest absolute Gasteiger partial charge is 0.507 e. The number of benzene rings is 8. The zero-order valence-electron chi connectivity index (χ0n) is 33.2. The van der Waals surface area contributed by atoms with E-state index in [1.165, 1.54) is 20.5 Å². The van der Waals surface area contributed by atoms with Crippen molar-refractivity contribution in [1.29, 1.82) is 0 Å². The van der Waals surface area contributed by atoms with Crippen molar-refractivity contribution >= 4 is 54.4 Å². The van der Waals surface area contributed by atoms with Crippen molar-refractivity contribution < 1.29 is 9.52 Å². The van der Waals surface area contributed by atoms with Crippen molar-refractivity contribution in [2.24, 2.45) is 0 Å². The molecule has 4 aromatic heterocycles. The van der Waals surface area contributed by atoms with Gasteiger partial charge in [0.1, 0.15) is 22.7 Å². The quantitative estimate of drug-likeness (QED) is 0.174. The summed E-state index contributed by atoms with van der Waals surface area (Å²) in [5, 5.41) is 14.6. The van der Waals surface area contributed by atoms with Crippen LogP contribution in [0.2, 0.25) is 0 Å². The van der Waals surface area contributed by atoms with Crippen molar-refractivity contribution in [3.63, 3.8) is 0 Å². The fraction of sp³-hybridized carbons (Fsp3) is 0. The first-order chi connectivity index (χ1) is 30.6. The Hall–Kier alpha value is -8.06. The Labute approximate surface area is 361 Å². The molecule has 6 heteroatoms. The van der Waals surface area contributed by atoms with Crippen molar-refractivity contribution in [2.45, 2.75) is 0 Å². The van der Waals surface area contributed by atoms with Crippen LogP contribution in [0.4, 0.5) is 0 Å². The third-order valence-corrected chi connectivity index (χ3v) is 13.0. The van der Waals surface area contributed by atoms with Crippen LogP contribution in [0.5, 0.6) is 5.75 Å². The Kier molecular flexibility index (Phi) is 8.44. The van der Waals surface area contributed by atoms with Crippen LogP contribution in [0, 0.1) is 0 Å². The molecule has 0 amide bonds. The zero-order valence-corrected chi connectivity index (χ0v) is 34.1. The highest BCUT2D eigenvalue weighted by Gasteiger charge is 2.23. The number of aromatic hydroxyl groups is 1. The number of fused-ring (bicyclic) bond motifs is 5. The van der Waals surface area contributed by atoms with E-state index < -0.39 is 0 Å². The van der Waals surface area contributed by atoms with Gasteiger partial charge in [0.15, 0.2) is 0 Å². The molecule has 0 aliphatic carbocycles. The summed E-state index contributed by atoms with van der Waals surface area (Å²) in [6.45, 7) is 0. The summed E-state index contributed by atoms with van der Waals surface area (Å²) in [5.41, 5.74) is 14.2. The third-order valence-electron chi connectivity index (χ3n) is 11.8. The number of para-hydroxylation sites is 3. The first kappa shape index (κ1) is 35.8. The molecule has 12 rings (SSSR count). The van der Waals surface area contributed by atoms with Gasteiger partial charge in [0.2, 0.25) is 0 Å². The smallest absolute Gasteiger partial charge is 0.149 e. The molecule has 0 fully saturated rings. The minimum Gasteiger partial charge on any atom is -0.507 e. The lowest BCUT2D eigenvalue weighted by atomic mass is 9.96. The van der Waals surface area contributed by atoms with Gasteiger partial charge < -0.3 is 9.52 Å². The Bertz CT molecular complexity index is 3610. The number of furan rings is 1. The summed E-state index contributed by atoms with van der Waals surface area (Å²) in [5.74, 6) is 0.816. The second-order valence-corrected chi connectivity index (χ2v) is 16.6. The van der Waals surface area contributed by atoms with Crippen LogP contribution in [0.3, 0.4) is 0 Å². The van der Waals surface area contributed by atoms with Gasteiger partial charge in [-0.05, 0) is 106 Å². The topological polar surface area (TPSA) is 64.1 Å². The van der Waals surface area contributed by atoms with Gasteiger partial charge in [-0.2, -0.15) is 0 Å². The fourth-order valence-electron chi connectivity index (χ4n) is 8.83. The molecule has 292 valence electrons. The maximum atomic E-state index is 11.3. The molecule has 0 aliphatic heterocycles. The summed E-state index contributed by atoms with van der Waals surface area (Å²) in [6.07, 6.45) is 1.82. The second-order valence-electron chi connectivity index (χ2n) is 15.5. The molecule has 8 aromatic carbocycles. The average Bonchev–Trinajstić information content (AvgIpc) is 4.06. The summed E-state index contributed by atoms with van der Waals surface area (Å²) in [6, 6.07) is 69.0. The monoisotopic (exact) mass is 813 g/mol. The van der Waals surface area contributed by atoms with E-state index in [1.807, 2.05) is 60.0 Å². The predicted molar refractivity (Wildman–Crippen MR) is 256 cm³/mol. The number of thiophene rings is 1. The van der Waals surface area contributed by atoms with Crippen molar-refractivity contribution in [3.8, 4) is 77.9 Å². The van der Waals surface area contributed by atoms with E-state index >= 15 is 0 Å². The lowest BCUT2D eigenvalue weighted by molar-refractivity contribution is 0.477. The normalized spacial score (nSPS) is 11.6. The maximum Gasteiger partial charge on any atom is 0.149 e. The molecule has 0 saturated carbocycles. The highest BCUT2D eigenvalue weighted by molar-refractivity contribution is 7.22. The van der Waals surface area contributed by atoms with Crippen molar-refractivity contribution in [2.75, 3.05) is 0 Å². The van der Waals surface area contributed by atoms with Gasteiger partial charge in [-0.25, -0.2) is 4.98 Å². The van der Waals surface area contributed by atoms with Crippen LogP contribution in [0.25, 0.3) is 115 Å². The second kappa shape index (κ2) is 14.6. The molecule has 0 unspecified atom stereocenters. The number of hydrogen-bond acceptors (Lipinski definition) is 5. The van der Waals surface area contributed by atoms with E-state index in [0.29, 0.717) is 11.4 Å². The number of nitrogens with zero attached hydrogens (tertiary/aromatic N) is 3. The zero-order chi connectivity index (χ0) is 41.1. The molecule has 4 heterocycles. The van der Waals surface area contributed by atoms with Gasteiger partial charge in [-0.15, -0.1) is 11.3 Å². The lowest BCUT2D eigenvalue weighted by Crippen LogP contribution is -2.00. The number of phenolic OH excluding ortho intramolecular Hbond substituents is 1. The molecule has 5 nitrogen and oxygen atoms in total. The number of aromatic nitrogens is 3. The highest BCUT2D eigenvalue weighted by atomic mass is 32.1. The molecule has 0 spiro atoms. The van der Waals surface area contributed by atoms with Crippen molar-refractivity contribution in [1.82, 2.24) is 14.5 Å². The molecule has 0 atom stereocenters. The van der Waals surface area contributed by atoms with Gasteiger partial charge in [0.25, 0.3) is 0 Å². The average molecular weight is 814 g/mol. The highest BCUT2D eigenvalue weighted by Crippen LogP contribution is 2.44. The minimum atomic E-state index is 0.165. The number of phenols is 1. The third kappa shape index (κ3) is 5.99. The van der Waals surface area contributed by atoms with Crippen LogP contribution >= 0.6 is 11.3 Å². The molecule has 0 aliphatic rings. The van der Waals surface area contributed by atoms with E-state index in [-0.39, 0.29) is 5.75 Å². The van der Waals surface area contributed by atoms with E-state index in [2.05, 4.69) is 156 Å². The maximum absolute atomic E-state index is 11.3. The molecule has 12 aromatic rings. The van der Waals surface area contributed by atoms with E-state index in [0.717, 1.165) is 83.3 Å². The molecule has 1 N–H and O–H groups in total. The summed E-state index contributed by atoms with van der Waals surface area (Å²) >= 11 is 1.82. The molecule has 0 bridgehead atoms. The fourth-order valence-corrected chi connectivity index (χ4v) is 9.89. The van der Waals surface area contributed by atoms with Gasteiger partial charge in [0, 0.05) is 43.2 Å². The molecule has 0 radical (unpaired) electrons. The van der Waals surface area contributed by atoms with Crippen LogP contribution in [0.15, 0.2) is 211 Å². The van der Waals surface area contributed by atoms with Gasteiger partial charge >= 0.3 is 0 Å². The van der Waals surface area contributed by atoms with E-state index in [4.69, 9.17) is 14.4 Å². The first-order valence-corrected chi connectivity index (χ1v) is 21.4. The molecule has 0 saturated heterocycles. The van der Waals surface area contributed by atoms with Crippen LogP contribution < -0.4 is 0 Å². The molecule has 62 heavy (non-hydrogen) atoms. The number of hydrogen-bond donors (Lipinski definition) is 1. The summed E-state index contributed by atoms with van der Waals surface area (Å²) in [7, 11) is 0. The first-order valence-electron chi connectivity index (χ1n) is 20.6. The van der Waals surface area contributed by atoms with E-state index in [9.17, 15) is 5.11 Å². The van der Waals surface area contributed by atoms with Gasteiger partial charge in [-0.3, -0.25) is 9.55 Å². The van der Waals surface area contributed by atoms with Crippen molar-refractivity contribution in [3.05, 3.63) is 206 Å². The summed E-state index contributed by atoms with van der Waals surface area (Å²) < 4.78 is 10.3. The molecular weight excluding hydrogens is 779 g/mol. The SMILES string of the molecule is Oc1ccccc1-c1nc2c(-c3cc(-c4ccccn4)c4oc5cc(-c6ccc(-c7cc8ccccc8s7)cc6)ccc5c4c3)cccc2n1-c1ccccc1-c1ccccc1. The number of rotatable bonds is 7. The standard InChI is InChI=1S/C56H35N3O2S/c60-50-22-8-6-17-44(50)56-58-54-42(18-12-21-49(54)59(56)48-20-7-5-16-41(48)36-13-2-1-3-14-36)40-31-45-43-29-28-38(33-51(43)61-55(45)46(32-40)47-19-10-11-30-57-47)35-24-26-37(27-25-35)53-34-39-15-4-9-23-52(39)62-53/h1-34,60H. The number of imidazole rings is 1. The molecular formula is C56H35N3O2S. The summed E-state index contributed by atoms with van der Waals surface area (Å²) in [4.78, 5) is 11.5. The van der Waals surface area contributed by atoms with Gasteiger partial charge in [-0.1, -0.05) is 127 Å². The lowest BCUT2D eigenvalue weighted by Gasteiger charge is -2.15. The Morgan fingerprint density at radius 2 is 1.24 bits per heavy atom. The Morgan fingerprint density at radius 1 is 0.500 bits per heavy atom. The van der Waals surface area contributed by atoms with E-state index in [1.54, 1.807) is 6.07 Å². The van der Waals surface area contributed by atoms with Gasteiger partial charge in [0.05, 0.1) is 28.0 Å². The van der Waals surface area contributed by atoms with Crippen LogP contribution in [-0.4, -0.2) is 19.6 Å². The van der Waals surface area contributed by atoms with Crippen LogP contribution in [0.1, 0.15) is 0 Å². The Balaban J connectivity index is 1.03.